The Morgan fingerprint density at radius 3 is 1.62 bits per heavy atom. The van der Waals surface area contributed by atoms with Crippen molar-refractivity contribution >= 4 is 66.8 Å². The van der Waals surface area contributed by atoms with Crippen LogP contribution in [0.1, 0.15) is 25.0 Å². The fourth-order valence-electron chi connectivity index (χ4n) is 9.13. The summed E-state index contributed by atoms with van der Waals surface area (Å²) < 4.78 is 6.43. The second kappa shape index (κ2) is 13.4. The molecule has 0 unspecified atom stereocenters. The summed E-state index contributed by atoms with van der Waals surface area (Å²) in [5.74, 6) is 0. The van der Waals surface area contributed by atoms with E-state index < -0.39 is 0 Å². The van der Waals surface area contributed by atoms with Gasteiger partial charge in [-0.1, -0.05) is 141 Å². The molecule has 1 aliphatic carbocycles. The SMILES string of the molecule is CC1(C)c2cc(N(c3ccc(-c4ccccc4)cc3)c3ccc4c(c3)oc3ccccc34)ccc2-c2ccc(N(c3ccccc3)c3cccc4ccccc34)cc21. The predicted octanol–water partition coefficient (Wildman–Crippen LogP) is 15.7. The zero-order chi connectivity index (χ0) is 38.8. The molecule has 11 rings (SSSR count). The summed E-state index contributed by atoms with van der Waals surface area (Å²) >= 11 is 0. The van der Waals surface area contributed by atoms with Crippen molar-refractivity contribution in [3.8, 4) is 22.3 Å². The van der Waals surface area contributed by atoms with Gasteiger partial charge < -0.3 is 14.2 Å². The normalized spacial score (nSPS) is 12.8. The van der Waals surface area contributed by atoms with Crippen LogP contribution in [-0.2, 0) is 5.41 Å². The zero-order valence-corrected chi connectivity index (χ0v) is 32.4. The van der Waals surface area contributed by atoms with Gasteiger partial charge in [0.25, 0.3) is 0 Å². The largest absolute Gasteiger partial charge is 0.456 e. The number of benzene rings is 9. The van der Waals surface area contributed by atoms with Gasteiger partial charge in [-0.2, -0.15) is 0 Å². The van der Waals surface area contributed by atoms with Crippen molar-refractivity contribution < 1.29 is 4.42 Å². The average Bonchev–Trinajstić information content (AvgIpc) is 3.76. The van der Waals surface area contributed by atoms with Crippen LogP contribution in [0.5, 0.6) is 0 Å². The molecule has 58 heavy (non-hydrogen) atoms. The van der Waals surface area contributed by atoms with Gasteiger partial charge in [0, 0.05) is 56.1 Å². The Labute approximate surface area is 338 Å². The van der Waals surface area contributed by atoms with E-state index >= 15 is 0 Å². The summed E-state index contributed by atoms with van der Waals surface area (Å²) in [7, 11) is 0. The van der Waals surface area contributed by atoms with Gasteiger partial charge in [-0.05, 0) is 112 Å². The average molecular weight is 745 g/mol. The van der Waals surface area contributed by atoms with Crippen LogP contribution in [-0.4, -0.2) is 0 Å². The molecule has 3 nitrogen and oxygen atoms in total. The Bertz CT molecular complexity index is 3140. The van der Waals surface area contributed by atoms with E-state index in [1.807, 2.05) is 12.1 Å². The number of fused-ring (bicyclic) bond motifs is 7. The lowest BCUT2D eigenvalue weighted by Crippen LogP contribution is -2.17. The summed E-state index contributed by atoms with van der Waals surface area (Å²) in [6, 6.07) is 74.4. The minimum atomic E-state index is -0.261. The summed E-state index contributed by atoms with van der Waals surface area (Å²) in [6.45, 7) is 4.74. The van der Waals surface area contributed by atoms with Crippen LogP contribution in [0.2, 0.25) is 0 Å². The third kappa shape index (κ3) is 5.50. The van der Waals surface area contributed by atoms with Gasteiger partial charge in [0.1, 0.15) is 11.2 Å². The van der Waals surface area contributed by atoms with Crippen LogP contribution >= 0.6 is 0 Å². The summed E-state index contributed by atoms with van der Waals surface area (Å²) in [4.78, 5) is 4.77. The first kappa shape index (κ1) is 33.9. The van der Waals surface area contributed by atoms with E-state index in [0.717, 1.165) is 56.1 Å². The van der Waals surface area contributed by atoms with E-state index in [4.69, 9.17) is 4.42 Å². The first-order chi connectivity index (χ1) is 28.5. The molecule has 0 spiro atoms. The number of hydrogen-bond acceptors (Lipinski definition) is 3. The highest BCUT2D eigenvalue weighted by Gasteiger charge is 2.37. The lowest BCUT2D eigenvalue weighted by molar-refractivity contribution is 0.660. The van der Waals surface area contributed by atoms with Crippen molar-refractivity contribution in [3.05, 3.63) is 217 Å². The van der Waals surface area contributed by atoms with E-state index in [2.05, 4.69) is 218 Å². The molecule has 0 N–H and O–H groups in total. The molecule has 1 heterocycles. The topological polar surface area (TPSA) is 19.6 Å². The minimum absolute atomic E-state index is 0.261. The van der Waals surface area contributed by atoms with Crippen LogP contribution in [0.25, 0.3) is 55.0 Å². The van der Waals surface area contributed by atoms with E-state index in [1.54, 1.807) is 0 Å². The maximum Gasteiger partial charge on any atom is 0.137 e. The number of rotatable bonds is 7. The molecule has 9 aromatic carbocycles. The highest BCUT2D eigenvalue weighted by atomic mass is 16.3. The van der Waals surface area contributed by atoms with Gasteiger partial charge in [0.2, 0.25) is 0 Å². The van der Waals surface area contributed by atoms with E-state index in [9.17, 15) is 0 Å². The van der Waals surface area contributed by atoms with Gasteiger partial charge in [-0.15, -0.1) is 0 Å². The van der Waals surface area contributed by atoms with Crippen LogP contribution in [0.15, 0.2) is 211 Å². The van der Waals surface area contributed by atoms with Crippen molar-refractivity contribution in [2.75, 3.05) is 9.80 Å². The monoisotopic (exact) mass is 744 g/mol. The van der Waals surface area contributed by atoms with Crippen molar-refractivity contribution in [3.63, 3.8) is 0 Å². The second-order valence-corrected chi connectivity index (χ2v) is 15.8. The quantitative estimate of drug-likeness (QED) is 0.162. The lowest BCUT2D eigenvalue weighted by Gasteiger charge is -2.29. The van der Waals surface area contributed by atoms with Gasteiger partial charge in [0.15, 0.2) is 0 Å². The first-order valence-corrected chi connectivity index (χ1v) is 20.0. The lowest BCUT2D eigenvalue weighted by atomic mass is 9.82. The second-order valence-electron chi connectivity index (χ2n) is 15.8. The molecule has 276 valence electrons. The van der Waals surface area contributed by atoms with Crippen LogP contribution in [0.3, 0.4) is 0 Å². The molecule has 0 amide bonds. The highest BCUT2D eigenvalue weighted by Crippen LogP contribution is 2.53. The summed E-state index contributed by atoms with van der Waals surface area (Å²) in [5, 5.41) is 4.69. The van der Waals surface area contributed by atoms with Crippen molar-refractivity contribution in [2.24, 2.45) is 0 Å². The molecule has 0 saturated carbocycles. The van der Waals surface area contributed by atoms with Crippen LogP contribution < -0.4 is 9.80 Å². The van der Waals surface area contributed by atoms with Crippen molar-refractivity contribution in [1.29, 1.82) is 0 Å². The number of nitrogens with zero attached hydrogens (tertiary/aromatic N) is 2. The number of para-hydroxylation sites is 2. The van der Waals surface area contributed by atoms with Gasteiger partial charge >= 0.3 is 0 Å². The molecular formula is C55H40N2O. The number of anilines is 6. The van der Waals surface area contributed by atoms with Gasteiger partial charge in [-0.3, -0.25) is 0 Å². The third-order valence-corrected chi connectivity index (χ3v) is 12.0. The van der Waals surface area contributed by atoms with Crippen molar-refractivity contribution in [2.45, 2.75) is 19.3 Å². The molecule has 1 aromatic heterocycles. The predicted molar refractivity (Wildman–Crippen MR) is 244 cm³/mol. The van der Waals surface area contributed by atoms with Gasteiger partial charge in [-0.25, -0.2) is 0 Å². The summed E-state index contributed by atoms with van der Waals surface area (Å²) in [6.07, 6.45) is 0. The Kier molecular flexibility index (Phi) is 7.84. The van der Waals surface area contributed by atoms with E-state index in [-0.39, 0.29) is 5.41 Å². The number of hydrogen-bond donors (Lipinski definition) is 0. The maximum atomic E-state index is 6.43. The molecule has 3 heteroatoms. The molecule has 1 aliphatic rings. The Morgan fingerprint density at radius 1 is 0.362 bits per heavy atom. The molecule has 10 aromatic rings. The van der Waals surface area contributed by atoms with E-state index in [0.29, 0.717) is 0 Å². The molecule has 0 saturated heterocycles. The smallest absolute Gasteiger partial charge is 0.137 e. The molecule has 0 bridgehead atoms. The zero-order valence-electron chi connectivity index (χ0n) is 32.4. The Balaban J connectivity index is 1.03. The molecular weight excluding hydrogens is 705 g/mol. The standard InChI is InChI=1S/C55H40N2O/c1-55(2)50-34-42(56(41-26-24-38(25-27-41)37-14-5-3-6-15-37)44-30-33-49-48-21-11-12-23-53(48)58-54(49)36-44)28-31-46(50)47-32-29-43(35-51(47)55)57(40-18-7-4-8-19-40)52-22-13-17-39-16-9-10-20-45(39)52/h3-36H,1-2H3. The van der Waals surface area contributed by atoms with E-state index in [1.165, 1.54) is 44.2 Å². The maximum absolute atomic E-state index is 6.43. The van der Waals surface area contributed by atoms with Crippen LogP contribution in [0.4, 0.5) is 34.1 Å². The minimum Gasteiger partial charge on any atom is -0.456 e. The first-order valence-electron chi connectivity index (χ1n) is 20.0. The number of furan rings is 1. The third-order valence-electron chi connectivity index (χ3n) is 12.0. The fourth-order valence-corrected chi connectivity index (χ4v) is 9.13. The van der Waals surface area contributed by atoms with Crippen LogP contribution in [0, 0.1) is 0 Å². The molecule has 0 atom stereocenters. The molecule has 0 fully saturated rings. The highest BCUT2D eigenvalue weighted by molar-refractivity contribution is 6.06. The Morgan fingerprint density at radius 2 is 0.879 bits per heavy atom. The Hall–Kier alpha value is -7.36. The van der Waals surface area contributed by atoms with Gasteiger partial charge in [0.05, 0.1) is 5.69 Å². The summed E-state index contributed by atoms with van der Waals surface area (Å²) in [5.41, 5.74) is 15.7. The fraction of sp³-hybridized carbons (Fsp3) is 0.0545. The molecule has 0 aliphatic heterocycles. The molecule has 0 radical (unpaired) electrons. The van der Waals surface area contributed by atoms with Crippen molar-refractivity contribution in [1.82, 2.24) is 0 Å².